The predicted molar refractivity (Wildman–Crippen MR) is 67.9 cm³/mol. The Kier molecular flexibility index (Phi) is 4.57. The van der Waals surface area contributed by atoms with Crippen molar-refractivity contribution in [2.45, 2.75) is 50.6 Å². The second-order valence-corrected chi connectivity index (χ2v) is 5.00. The molecule has 1 unspecified atom stereocenters. The molecule has 2 rings (SSSR count). The second-order valence-electron chi connectivity index (χ2n) is 5.00. The van der Waals surface area contributed by atoms with Gasteiger partial charge in [-0.1, -0.05) is 19.3 Å². The molecule has 1 aliphatic rings. The van der Waals surface area contributed by atoms with Crippen molar-refractivity contribution in [1.29, 1.82) is 0 Å². The molecule has 1 saturated carbocycles. The van der Waals surface area contributed by atoms with Crippen LogP contribution in [0.5, 0.6) is 0 Å². The molecule has 1 atom stereocenters. The first-order valence-electron chi connectivity index (χ1n) is 6.58. The molecule has 0 aliphatic heterocycles. The highest BCUT2D eigenvalue weighted by Gasteiger charge is 2.16. The van der Waals surface area contributed by atoms with Crippen molar-refractivity contribution in [3.8, 4) is 0 Å². The van der Waals surface area contributed by atoms with Crippen molar-refractivity contribution in [3.05, 3.63) is 18.0 Å². The predicted octanol–water partition coefficient (Wildman–Crippen LogP) is 1.90. The molecule has 0 bridgehead atoms. The molecule has 2 N–H and O–H groups in total. The van der Waals surface area contributed by atoms with Gasteiger partial charge in [-0.2, -0.15) is 5.10 Å². The average molecular weight is 237 g/mol. The summed E-state index contributed by atoms with van der Waals surface area (Å²) in [5.74, 6) is 0. The molecule has 1 aromatic rings. The van der Waals surface area contributed by atoms with Crippen LogP contribution in [0.4, 0.5) is 0 Å². The van der Waals surface area contributed by atoms with Crippen LogP contribution in [-0.4, -0.2) is 29.5 Å². The van der Waals surface area contributed by atoms with E-state index in [1.165, 1.54) is 32.1 Å². The van der Waals surface area contributed by atoms with Gasteiger partial charge in [0.1, 0.15) is 0 Å². The van der Waals surface area contributed by atoms with E-state index in [9.17, 15) is 0 Å². The van der Waals surface area contributed by atoms with Gasteiger partial charge in [-0.25, -0.2) is 0 Å². The zero-order chi connectivity index (χ0) is 12.1. The summed E-state index contributed by atoms with van der Waals surface area (Å²) in [6, 6.07) is 2.75. The third-order valence-corrected chi connectivity index (χ3v) is 3.46. The standard InChI is InChI=1S/C13H23N3O/c1-17-10-11(14)9-12-7-8-16(15-12)13-5-3-2-4-6-13/h7-8,11,13H,2-6,9-10,14H2,1H3. The van der Waals surface area contributed by atoms with Gasteiger partial charge in [0.05, 0.1) is 18.3 Å². The van der Waals surface area contributed by atoms with Gasteiger partial charge in [-0.05, 0) is 18.9 Å². The molecule has 0 radical (unpaired) electrons. The maximum absolute atomic E-state index is 5.93. The van der Waals surface area contributed by atoms with Crippen LogP contribution in [-0.2, 0) is 11.2 Å². The van der Waals surface area contributed by atoms with E-state index in [0.717, 1.165) is 12.1 Å². The number of nitrogens with zero attached hydrogens (tertiary/aromatic N) is 2. The van der Waals surface area contributed by atoms with Crippen molar-refractivity contribution in [2.24, 2.45) is 5.73 Å². The van der Waals surface area contributed by atoms with Crippen LogP contribution in [0.3, 0.4) is 0 Å². The fourth-order valence-corrected chi connectivity index (χ4v) is 2.58. The van der Waals surface area contributed by atoms with E-state index in [1.807, 2.05) is 0 Å². The number of hydrogen-bond donors (Lipinski definition) is 1. The first-order chi connectivity index (χ1) is 8.29. The Morgan fingerprint density at radius 1 is 1.47 bits per heavy atom. The minimum Gasteiger partial charge on any atom is -0.383 e. The van der Waals surface area contributed by atoms with Gasteiger partial charge < -0.3 is 10.5 Å². The molecule has 4 nitrogen and oxygen atoms in total. The Morgan fingerprint density at radius 3 is 2.94 bits per heavy atom. The van der Waals surface area contributed by atoms with Crippen LogP contribution in [0, 0.1) is 0 Å². The number of hydrogen-bond acceptors (Lipinski definition) is 3. The largest absolute Gasteiger partial charge is 0.383 e. The molecule has 0 aromatic carbocycles. The molecular formula is C13H23N3O. The Balaban J connectivity index is 1.90. The summed E-state index contributed by atoms with van der Waals surface area (Å²) in [6.45, 7) is 0.594. The number of methoxy groups -OCH3 is 1. The van der Waals surface area contributed by atoms with Crippen LogP contribution in [0.25, 0.3) is 0 Å². The molecule has 4 heteroatoms. The molecule has 1 aromatic heterocycles. The third-order valence-electron chi connectivity index (χ3n) is 3.46. The van der Waals surface area contributed by atoms with Crippen LogP contribution < -0.4 is 5.73 Å². The zero-order valence-corrected chi connectivity index (χ0v) is 10.6. The minimum absolute atomic E-state index is 0.0507. The SMILES string of the molecule is COCC(N)Cc1ccn(C2CCCCC2)n1. The summed E-state index contributed by atoms with van der Waals surface area (Å²) in [7, 11) is 1.68. The summed E-state index contributed by atoms with van der Waals surface area (Å²) in [5.41, 5.74) is 7.01. The lowest BCUT2D eigenvalue weighted by molar-refractivity contribution is 0.179. The van der Waals surface area contributed by atoms with Crippen LogP contribution >= 0.6 is 0 Å². The van der Waals surface area contributed by atoms with Crippen molar-refractivity contribution in [1.82, 2.24) is 9.78 Å². The highest BCUT2D eigenvalue weighted by Crippen LogP contribution is 2.27. The molecule has 0 amide bonds. The highest BCUT2D eigenvalue weighted by atomic mass is 16.5. The van der Waals surface area contributed by atoms with E-state index in [4.69, 9.17) is 10.5 Å². The summed E-state index contributed by atoms with van der Waals surface area (Å²) < 4.78 is 7.17. The van der Waals surface area contributed by atoms with Gasteiger partial charge in [-0.15, -0.1) is 0 Å². The summed E-state index contributed by atoms with van der Waals surface area (Å²) >= 11 is 0. The van der Waals surface area contributed by atoms with Gasteiger partial charge in [0, 0.05) is 25.8 Å². The van der Waals surface area contributed by atoms with Crippen LogP contribution in [0.15, 0.2) is 12.3 Å². The summed E-state index contributed by atoms with van der Waals surface area (Å²) in [5, 5.41) is 4.64. The number of rotatable bonds is 5. The molecule has 0 spiro atoms. The van der Waals surface area contributed by atoms with Crippen molar-refractivity contribution in [3.63, 3.8) is 0 Å². The Labute approximate surface area is 103 Å². The highest BCUT2D eigenvalue weighted by molar-refractivity contribution is 5.02. The zero-order valence-electron chi connectivity index (χ0n) is 10.6. The fraction of sp³-hybridized carbons (Fsp3) is 0.769. The second kappa shape index (κ2) is 6.17. The lowest BCUT2D eigenvalue weighted by atomic mass is 9.96. The Hall–Kier alpha value is -0.870. The Bertz CT molecular complexity index is 331. The van der Waals surface area contributed by atoms with Crippen molar-refractivity contribution in [2.75, 3.05) is 13.7 Å². The molecule has 1 fully saturated rings. The molecular weight excluding hydrogens is 214 g/mol. The molecule has 96 valence electrons. The third kappa shape index (κ3) is 3.54. The minimum atomic E-state index is 0.0507. The van der Waals surface area contributed by atoms with E-state index >= 15 is 0 Å². The van der Waals surface area contributed by atoms with E-state index in [1.54, 1.807) is 7.11 Å². The van der Waals surface area contributed by atoms with Crippen LogP contribution in [0.2, 0.25) is 0 Å². The summed E-state index contributed by atoms with van der Waals surface area (Å²) in [6.07, 6.45) is 9.49. The maximum Gasteiger partial charge on any atom is 0.0641 e. The van der Waals surface area contributed by atoms with Crippen LogP contribution in [0.1, 0.15) is 43.8 Å². The Morgan fingerprint density at radius 2 is 2.24 bits per heavy atom. The molecule has 1 heterocycles. The quantitative estimate of drug-likeness (QED) is 0.851. The number of aromatic nitrogens is 2. The monoisotopic (exact) mass is 237 g/mol. The van der Waals surface area contributed by atoms with Gasteiger partial charge in [-0.3, -0.25) is 4.68 Å². The van der Waals surface area contributed by atoms with Gasteiger partial charge in [0.25, 0.3) is 0 Å². The maximum atomic E-state index is 5.93. The fourth-order valence-electron chi connectivity index (χ4n) is 2.58. The van der Waals surface area contributed by atoms with Crippen molar-refractivity contribution < 1.29 is 4.74 Å². The number of nitrogens with two attached hydrogens (primary N) is 1. The van der Waals surface area contributed by atoms with E-state index in [2.05, 4.69) is 22.0 Å². The lowest BCUT2D eigenvalue weighted by Crippen LogP contribution is -2.28. The molecule has 17 heavy (non-hydrogen) atoms. The van der Waals surface area contributed by atoms with Gasteiger partial charge in [0.2, 0.25) is 0 Å². The normalized spacial score (nSPS) is 19.4. The molecule has 0 saturated heterocycles. The first kappa shape index (κ1) is 12.6. The van der Waals surface area contributed by atoms with Crippen molar-refractivity contribution >= 4 is 0 Å². The average Bonchev–Trinajstić information content (AvgIpc) is 2.79. The summed E-state index contributed by atoms with van der Waals surface area (Å²) in [4.78, 5) is 0. The van der Waals surface area contributed by atoms with E-state index < -0.39 is 0 Å². The number of ether oxygens (including phenoxy) is 1. The first-order valence-corrected chi connectivity index (χ1v) is 6.58. The van der Waals surface area contributed by atoms with Gasteiger partial charge in [0.15, 0.2) is 0 Å². The topological polar surface area (TPSA) is 53.1 Å². The molecule has 1 aliphatic carbocycles. The van der Waals surface area contributed by atoms with E-state index in [0.29, 0.717) is 12.6 Å². The lowest BCUT2D eigenvalue weighted by Gasteiger charge is -2.21. The smallest absolute Gasteiger partial charge is 0.0641 e. The van der Waals surface area contributed by atoms with E-state index in [-0.39, 0.29) is 6.04 Å². The van der Waals surface area contributed by atoms with Gasteiger partial charge >= 0.3 is 0 Å².